The number of likely N-dealkylation sites (N-methyl/N-ethyl adjacent to an activating group) is 1. The van der Waals surface area contributed by atoms with Crippen molar-refractivity contribution in [2.45, 2.75) is 19.4 Å². The van der Waals surface area contributed by atoms with Crippen LogP contribution >= 0.6 is 0 Å². The first-order chi connectivity index (χ1) is 19.6. The Morgan fingerprint density at radius 3 is 2.20 bits per heavy atom. The Bertz CT molecular complexity index is 1720. The molecule has 6 rings (SSSR count). The van der Waals surface area contributed by atoms with E-state index in [1.807, 2.05) is 61.8 Å². The number of carbonyl (C=O) groups is 3. The Morgan fingerprint density at radius 2 is 1.45 bits per heavy atom. The molecular weight excluding hydrogens is 502 g/mol. The Hall–Kier alpha value is -4.85. The number of aromatic nitrogens is 2. The highest BCUT2D eigenvalue weighted by Gasteiger charge is 2.37. The number of hydrogen-bond donors (Lipinski definition) is 3. The Kier molecular flexibility index (Phi) is 6.82. The van der Waals surface area contributed by atoms with Crippen LogP contribution in [0.5, 0.6) is 0 Å². The minimum absolute atomic E-state index is 0.169. The predicted octanol–water partition coefficient (Wildman–Crippen LogP) is 4.67. The number of nitrogens with zero attached hydrogens (tertiary/aromatic N) is 2. The molecule has 2 aromatic heterocycles. The number of amides is 3. The quantitative estimate of drug-likeness (QED) is 0.283. The molecule has 0 saturated carbocycles. The number of benzene rings is 3. The maximum atomic E-state index is 14.1. The van der Waals surface area contributed by atoms with Crippen LogP contribution in [0, 0.1) is 0 Å². The summed E-state index contributed by atoms with van der Waals surface area (Å²) in [4.78, 5) is 51.2. The van der Waals surface area contributed by atoms with Crippen molar-refractivity contribution in [3.05, 3.63) is 107 Å². The van der Waals surface area contributed by atoms with E-state index in [1.165, 1.54) is 0 Å². The van der Waals surface area contributed by atoms with Gasteiger partial charge in [0.25, 0.3) is 11.8 Å². The van der Waals surface area contributed by atoms with Gasteiger partial charge < -0.3 is 25.1 Å². The Labute approximate surface area is 232 Å². The molecule has 202 valence electrons. The van der Waals surface area contributed by atoms with Gasteiger partial charge in [0.2, 0.25) is 5.91 Å². The molecule has 0 spiro atoms. The number of fused-ring (bicyclic) bond motifs is 3. The summed E-state index contributed by atoms with van der Waals surface area (Å²) in [6.45, 7) is 3.40. The van der Waals surface area contributed by atoms with Crippen LogP contribution in [0.2, 0.25) is 0 Å². The highest BCUT2D eigenvalue weighted by Crippen LogP contribution is 2.31. The minimum Gasteiger partial charge on any atom is -0.361 e. The molecule has 1 unspecified atom stereocenters. The third-order valence-corrected chi connectivity index (χ3v) is 7.77. The summed E-state index contributed by atoms with van der Waals surface area (Å²) >= 11 is 0. The highest BCUT2D eigenvalue weighted by atomic mass is 16.2. The van der Waals surface area contributed by atoms with Crippen LogP contribution in [-0.2, 0) is 11.2 Å². The fourth-order valence-electron chi connectivity index (χ4n) is 5.69. The third kappa shape index (κ3) is 4.51. The van der Waals surface area contributed by atoms with E-state index in [0.717, 1.165) is 32.9 Å². The van der Waals surface area contributed by atoms with Crippen LogP contribution in [0.25, 0.3) is 21.8 Å². The molecule has 0 aliphatic carbocycles. The first-order valence-electron chi connectivity index (χ1n) is 13.6. The predicted molar refractivity (Wildman–Crippen MR) is 155 cm³/mol. The van der Waals surface area contributed by atoms with Gasteiger partial charge in [-0.2, -0.15) is 0 Å². The van der Waals surface area contributed by atoms with Gasteiger partial charge in [-0.15, -0.1) is 0 Å². The number of carbonyl (C=O) groups excluding carboxylic acids is 3. The summed E-state index contributed by atoms with van der Waals surface area (Å²) in [7, 11) is 0. The van der Waals surface area contributed by atoms with Gasteiger partial charge in [0, 0.05) is 65.9 Å². The van der Waals surface area contributed by atoms with Crippen LogP contribution < -0.4 is 5.32 Å². The highest BCUT2D eigenvalue weighted by molar-refractivity contribution is 6.09. The fourth-order valence-corrected chi connectivity index (χ4v) is 5.69. The summed E-state index contributed by atoms with van der Waals surface area (Å²) in [6.07, 6.45) is 4.43. The lowest BCUT2D eigenvalue weighted by molar-refractivity contribution is -0.125. The van der Waals surface area contributed by atoms with Crippen molar-refractivity contribution in [1.82, 2.24) is 25.1 Å². The largest absolute Gasteiger partial charge is 0.361 e. The minimum atomic E-state index is -0.883. The zero-order valence-corrected chi connectivity index (χ0v) is 22.3. The molecule has 40 heavy (non-hydrogen) atoms. The second-order valence-electron chi connectivity index (χ2n) is 10.0. The van der Waals surface area contributed by atoms with Gasteiger partial charge in [0.15, 0.2) is 0 Å². The third-order valence-electron chi connectivity index (χ3n) is 7.77. The number of rotatable bonds is 7. The van der Waals surface area contributed by atoms with E-state index < -0.39 is 6.04 Å². The smallest absolute Gasteiger partial charge is 0.255 e. The summed E-state index contributed by atoms with van der Waals surface area (Å²) in [5.41, 5.74) is 4.45. The standard InChI is InChI=1S/C32H31N5O3/c1-2-36-17-18-37(32(40)25-12-4-3-11-24(25)31(36)39)29(26-20-35-28-14-8-6-10-23(26)28)30(38)33-16-15-21-19-34-27-13-7-5-9-22(21)27/h3-14,19-20,29,34-35H,2,15-18H2,1H3,(H,33,38). The van der Waals surface area contributed by atoms with E-state index in [9.17, 15) is 14.4 Å². The molecule has 0 saturated heterocycles. The number of nitrogens with one attached hydrogen (secondary N) is 3. The molecule has 5 aromatic rings. The van der Waals surface area contributed by atoms with Crippen molar-refractivity contribution in [2.24, 2.45) is 0 Å². The van der Waals surface area contributed by atoms with Gasteiger partial charge in [-0.25, -0.2) is 0 Å². The van der Waals surface area contributed by atoms with Crippen molar-refractivity contribution in [3.63, 3.8) is 0 Å². The van der Waals surface area contributed by atoms with E-state index in [2.05, 4.69) is 21.4 Å². The number of aromatic amines is 2. The summed E-state index contributed by atoms with van der Waals surface area (Å²) in [5, 5.41) is 5.12. The Morgan fingerprint density at radius 1 is 0.825 bits per heavy atom. The molecule has 3 aromatic carbocycles. The Balaban J connectivity index is 1.35. The van der Waals surface area contributed by atoms with E-state index in [4.69, 9.17) is 0 Å². The van der Waals surface area contributed by atoms with Crippen molar-refractivity contribution < 1.29 is 14.4 Å². The molecule has 0 bridgehead atoms. The van der Waals surface area contributed by atoms with Crippen molar-refractivity contribution in [1.29, 1.82) is 0 Å². The van der Waals surface area contributed by atoms with Gasteiger partial charge in [-0.1, -0.05) is 48.5 Å². The van der Waals surface area contributed by atoms with E-state index in [0.29, 0.717) is 37.2 Å². The number of H-pyrrole nitrogens is 2. The summed E-state index contributed by atoms with van der Waals surface area (Å²) in [6, 6.07) is 21.8. The topological polar surface area (TPSA) is 101 Å². The van der Waals surface area contributed by atoms with Crippen LogP contribution in [0.1, 0.15) is 44.8 Å². The molecule has 3 amide bonds. The number of para-hydroxylation sites is 2. The van der Waals surface area contributed by atoms with Gasteiger partial charge >= 0.3 is 0 Å². The first kappa shape index (κ1) is 25.4. The second-order valence-corrected chi connectivity index (χ2v) is 10.0. The van der Waals surface area contributed by atoms with Gasteiger partial charge in [0.05, 0.1) is 11.1 Å². The number of hydrogen-bond acceptors (Lipinski definition) is 3. The van der Waals surface area contributed by atoms with Gasteiger partial charge in [-0.3, -0.25) is 14.4 Å². The zero-order valence-electron chi connectivity index (χ0n) is 22.3. The first-order valence-corrected chi connectivity index (χ1v) is 13.6. The van der Waals surface area contributed by atoms with E-state index in [1.54, 1.807) is 34.1 Å². The molecule has 0 radical (unpaired) electrons. The zero-order chi connectivity index (χ0) is 27.6. The van der Waals surface area contributed by atoms with Crippen LogP contribution in [0.3, 0.4) is 0 Å². The molecule has 3 N–H and O–H groups in total. The van der Waals surface area contributed by atoms with Crippen molar-refractivity contribution in [2.75, 3.05) is 26.2 Å². The molecule has 8 heteroatoms. The molecule has 1 aliphatic heterocycles. The molecular formula is C32H31N5O3. The molecule has 0 fully saturated rings. The maximum Gasteiger partial charge on any atom is 0.255 e. The average molecular weight is 534 g/mol. The lowest BCUT2D eigenvalue weighted by Gasteiger charge is -2.35. The van der Waals surface area contributed by atoms with Crippen molar-refractivity contribution in [3.8, 4) is 0 Å². The molecule has 3 heterocycles. The summed E-state index contributed by atoms with van der Waals surface area (Å²) in [5.74, 6) is -0.759. The summed E-state index contributed by atoms with van der Waals surface area (Å²) < 4.78 is 0. The normalized spacial score (nSPS) is 14.7. The van der Waals surface area contributed by atoms with E-state index in [-0.39, 0.29) is 24.3 Å². The lowest BCUT2D eigenvalue weighted by Crippen LogP contribution is -2.49. The monoisotopic (exact) mass is 533 g/mol. The van der Waals surface area contributed by atoms with Crippen LogP contribution in [0.4, 0.5) is 0 Å². The average Bonchev–Trinajstić information content (AvgIpc) is 3.60. The SMILES string of the molecule is CCN1CCN(C(C(=O)NCCc2c[nH]c3ccccc23)c2c[nH]c3ccccc23)C(=O)c2ccccc2C1=O. The van der Waals surface area contributed by atoms with Gasteiger partial charge in [-0.05, 0) is 43.2 Å². The molecule has 1 atom stereocenters. The van der Waals surface area contributed by atoms with Crippen molar-refractivity contribution >= 4 is 39.5 Å². The molecule has 8 nitrogen and oxygen atoms in total. The van der Waals surface area contributed by atoms with E-state index >= 15 is 0 Å². The van der Waals surface area contributed by atoms with Gasteiger partial charge in [0.1, 0.15) is 6.04 Å². The fraction of sp³-hybridized carbons (Fsp3) is 0.219. The molecule has 1 aliphatic rings. The maximum absolute atomic E-state index is 14.1. The second kappa shape index (κ2) is 10.7. The van der Waals surface area contributed by atoms with Crippen LogP contribution in [0.15, 0.2) is 85.2 Å². The lowest BCUT2D eigenvalue weighted by atomic mass is 9.98. The van der Waals surface area contributed by atoms with Crippen LogP contribution in [-0.4, -0.2) is 63.7 Å².